The number of nitrogens with one attached hydrogen (secondary N) is 2. The zero-order chi connectivity index (χ0) is 11.4. The topological polar surface area (TPSA) is 24.1 Å². The van der Waals surface area contributed by atoms with Crippen LogP contribution in [-0.4, -0.2) is 19.1 Å². The highest BCUT2D eigenvalue weighted by Gasteiger charge is 2.19. The van der Waals surface area contributed by atoms with Crippen molar-refractivity contribution in [1.82, 2.24) is 5.32 Å². The summed E-state index contributed by atoms with van der Waals surface area (Å²) in [7, 11) is 0. The van der Waals surface area contributed by atoms with E-state index in [-0.39, 0.29) is 0 Å². The van der Waals surface area contributed by atoms with E-state index in [1.807, 2.05) is 0 Å². The van der Waals surface area contributed by atoms with Gasteiger partial charge in [0.2, 0.25) is 0 Å². The highest BCUT2D eigenvalue weighted by Crippen LogP contribution is 2.21. The van der Waals surface area contributed by atoms with Gasteiger partial charge in [-0.25, -0.2) is 0 Å². The molecule has 1 saturated heterocycles. The van der Waals surface area contributed by atoms with Crippen LogP contribution < -0.4 is 10.6 Å². The van der Waals surface area contributed by atoms with Gasteiger partial charge in [-0.1, -0.05) is 18.2 Å². The molecule has 1 aliphatic rings. The molecule has 2 rings (SSSR count). The van der Waals surface area contributed by atoms with Crippen molar-refractivity contribution in [1.29, 1.82) is 0 Å². The zero-order valence-corrected chi connectivity index (χ0v) is 10.3. The Bertz CT molecular complexity index is 329. The van der Waals surface area contributed by atoms with Crippen molar-refractivity contribution in [2.75, 3.05) is 18.4 Å². The van der Waals surface area contributed by atoms with Gasteiger partial charge in [0.1, 0.15) is 0 Å². The minimum Gasteiger partial charge on any atom is -0.382 e. The van der Waals surface area contributed by atoms with Gasteiger partial charge in [0.15, 0.2) is 0 Å². The van der Waals surface area contributed by atoms with Crippen molar-refractivity contribution in [2.24, 2.45) is 5.92 Å². The first-order valence-electron chi connectivity index (χ1n) is 6.30. The van der Waals surface area contributed by atoms with Crippen molar-refractivity contribution in [2.45, 2.75) is 32.7 Å². The van der Waals surface area contributed by atoms with Crippen LogP contribution in [-0.2, 0) is 0 Å². The molecule has 2 N–H and O–H groups in total. The first-order valence-corrected chi connectivity index (χ1v) is 6.30. The number of aryl methyl sites for hydroxylation is 1. The molecule has 2 nitrogen and oxygen atoms in total. The van der Waals surface area contributed by atoms with E-state index in [0.717, 1.165) is 5.92 Å². The van der Waals surface area contributed by atoms with E-state index >= 15 is 0 Å². The third kappa shape index (κ3) is 2.76. The molecule has 0 bridgehead atoms. The smallest absolute Gasteiger partial charge is 0.0372 e. The first-order chi connectivity index (χ1) is 7.77. The summed E-state index contributed by atoms with van der Waals surface area (Å²) < 4.78 is 0. The summed E-state index contributed by atoms with van der Waals surface area (Å²) in [4.78, 5) is 0. The average Bonchev–Trinajstić information content (AvgIpc) is 2.33. The van der Waals surface area contributed by atoms with Crippen molar-refractivity contribution in [3.63, 3.8) is 0 Å². The number of para-hydroxylation sites is 1. The molecular weight excluding hydrogens is 196 g/mol. The van der Waals surface area contributed by atoms with Crippen LogP contribution in [0.4, 0.5) is 5.69 Å². The maximum atomic E-state index is 3.65. The number of hydrogen-bond donors (Lipinski definition) is 2. The van der Waals surface area contributed by atoms with Gasteiger partial charge in [-0.2, -0.15) is 0 Å². The van der Waals surface area contributed by atoms with E-state index in [2.05, 4.69) is 48.7 Å². The highest BCUT2D eigenvalue weighted by molar-refractivity contribution is 5.50. The Morgan fingerprint density at radius 1 is 1.25 bits per heavy atom. The van der Waals surface area contributed by atoms with E-state index in [9.17, 15) is 0 Å². The molecule has 0 aromatic heterocycles. The van der Waals surface area contributed by atoms with Crippen LogP contribution in [0.25, 0.3) is 0 Å². The molecular formula is C14H22N2. The van der Waals surface area contributed by atoms with Crippen LogP contribution in [0.3, 0.4) is 0 Å². The molecule has 1 atom stereocenters. The summed E-state index contributed by atoms with van der Waals surface area (Å²) in [5.41, 5.74) is 2.62. The van der Waals surface area contributed by atoms with Crippen LogP contribution in [0.5, 0.6) is 0 Å². The van der Waals surface area contributed by atoms with Gasteiger partial charge >= 0.3 is 0 Å². The van der Waals surface area contributed by atoms with E-state index in [1.165, 1.54) is 37.2 Å². The molecule has 1 unspecified atom stereocenters. The van der Waals surface area contributed by atoms with Gasteiger partial charge < -0.3 is 10.6 Å². The highest BCUT2D eigenvalue weighted by atomic mass is 14.9. The zero-order valence-electron chi connectivity index (χ0n) is 10.3. The molecule has 1 aliphatic heterocycles. The Morgan fingerprint density at radius 3 is 2.62 bits per heavy atom. The fraction of sp³-hybridized carbons (Fsp3) is 0.571. The van der Waals surface area contributed by atoms with Gasteiger partial charge in [0.25, 0.3) is 0 Å². The van der Waals surface area contributed by atoms with Crippen LogP contribution in [0, 0.1) is 12.8 Å². The summed E-state index contributed by atoms with van der Waals surface area (Å²) in [6.07, 6.45) is 2.58. The van der Waals surface area contributed by atoms with Gasteiger partial charge in [-0.05, 0) is 57.3 Å². The number of hydrogen-bond acceptors (Lipinski definition) is 2. The molecule has 1 heterocycles. The van der Waals surface area contributed by atoms with Gasteiger partial charge in [-0.3, -0.25) is 0 Å². The van der Waals surface area contributed by atoms with Crippen molar-refractivity contribution in [3.8, 4) is 0 Å². The molecule has 1 aromatic rings. The molecule has 0 radical (unpaired) electrons. The Morgan fingerprint density at radius 2 is 1.94 bits per heavy atom. The number of benzene rings is 1. The summed E-state index contributed by atoms with van der Waals surface area (Å²) in [5.74, 6) is 0.806. The van der Waals surface area contributed by atoms with Gasteiger partial charge in [-0.15, -0.1) is 0 Å². The third-order valence-corrected chi connectivity index (χ3v) is 3.62. The molecule has 0 aliphatic carbocycles. The fourth-order valence-corrected chi connectivity index (χ4v) is 2.44. The molecule has 1 aromatic carbocycles. The molecule has 0 saturated carbocycles. The third-order valence-electron chi connectivity index (χ3n) is 3.62. The monoisotopic (exact) mass is 218 g/mol. The first kappa shape index (κ1) is 11.5. The lowest BCUT2D eigenvalue weighted by molar-refractivity contribution is 0.343. The normalized spacial score (nSPS) is 19.4. The molecule has 16 heavy (non-hydrogen) atoms. The lowest BCUT2D eigenvalue weighted by Crippen LogP contribution is -2.36. The average molecular weight is 218 g/mol. The molecule has 88 valence electrons. The number of piperidine rings is 1. The predicted octanol–water partition coefficient (Wildman–Crippen LogP) is 2.80. The maximum Gasteiger partial charge on any atom is 0.0372 e. The minimum absolute atomic E-state index is 0.572. The number of anilines is 1. The van der Waals surface area contributed by atoms with Gasteiger partial charge in [0.05, 0.1) is 0 Å². The summed E-state index contributed by atoms with van der Waals surface area (Å²) in [6, 6.07) is 9.10. The Hall–Kier alpha value is -1.02. The largest absolute Gasteiger partial charge is 0.382 e. The van der Waals surface area contributed by atoms with Gasteiger partial charge in [0, 0.05) is 11.7 Å². The fourth-order valence-electron chi connectivity index (χ4n) is 2.44. The van der Waals surface area contributed by atoms with E-state index in [0.29, 0.717) is 6.04 Å². The molecule has 2 heteroatoms. The SMILES string of the molecule is Cc1ccccc1NC(C)C1CCNCC1. The predicted molar refractivity (Wildman–Crippen MR) is 69.9 cm³/mol. The van der Waals surface area contributed by atoms with E-state index in [4.69, 9.17) is 0 Å². The van der Waals surface area contributed by atoms with Crippen LogP contribution in [0.15, 0.2) is 24.3 Å². The van der Waals surface area contributed by atoms with E-state index < -0.39 is 0 Å². The Kier molecular flexibility index (Phi) is 3.83. The summed E-state index contributed by atoms with van der Waals surface area (Å²) in [5, 5.41) is 7.07. The number of rotatable bonds is 3. The Labute approximate surface area is 98.4 Å². The molecule has 0 spiro atoms. The standard InChI is InChI=1S/C14H22N2/c1-11-5-3-4-6-14(11)16-12(2)13-7-9-15-10-8-13/h3-6,12-13,15-16H,7-10H2,1-2H3. The lowest BCUT2D eigenvalue weighted by atomic mass is 9.91. The second-order valence-corrected chi connectivity index (χ2v) is 4.84. The second-order valence-electron chi connectivity index (χ2n) is 4.84. The molecule has 0 amide bonds. The van der Waals surface area contributed by atoms with Crippen molar-refractivity contribution < 1.29 is 0 Å². The lowest BCUT2D eigenvalue weighted by Gasteiger charge is -2.30. The minimum atomic E-state index is 0.572. The summed E-state index contributed by atoms with van der Waals surface area (Å²) in [6.45, 7) is 6.81. The van der Waals surface area contributed by atoms with Crippen molar-refractivity contribution in [3.05, 3.63) is 29.8 Å². The van der Waals surface area contributed by atoms with Crippen LogP contribution >= 0.6 is 0 Å². The quantitative estimate of drug-likeness (QED) is 0.815. The second kappa shape index (κ2) is 5.35. The van der Waals surface area contributed by atoms with Crippen LogP contribution in [0.2, 0.25) is 0 Å². The van der Waals surface area contributed by atoms with Crippen molar-refractivity contribution >= 4 is 5.69 Å². The molecule has 1 fully saturated rings. The maximum absolute atomic E-state index is 3.65. The Balaban J connectivity index is 1.96. The van der Waals surface area contributed by atoms with E-state index in [1.54, 1.807) is 0 Å². The van der Waals surface area contributed by atoms with Crippen LogP contribution in [0.1, 0.15) is 25.3 Å². The summed E-state index contributed by atoms with van der Waals surface area (Å²) >= 11 is 0.